The van der Waals surface area contributed by atoms with Gasteiger partial charge in [0.05, 0.1) is 23.0 Å². The van der Waals surface area contributed by atoms with E-state index in [-0.39, 0.29) is 10.9 Å². The number of fused-ring (bicyclic) bond motifs is 1. The molecule has 2 aromatic heterocycles. The van der Waals surface area contributed by atoms with Crippen molar-refractivity contribution < 1.29 is 12.8 Å². The zero-order chi connectivity index (χ0) is 16.6. The van der Waals surface area contributed by atoms with Crippen molar-refractivity contribution >= 4 is 26.7 Å². The fraction of sp³-hybridized carbons (Fsp3) is 0.200. The maximum absolute atomic E-state index is 12.9. The molecule has 8 heteroatoms. The molecule has 0 bridgehead atoms. The highest BCUT2D eigenvalue weighted by Gasteiger charge is 2.15. The molecule has 3 aromatic rings. The number of aromatic nitrogens is 3. The lowest BCUT2D eigenvalue weighted by atomic mass is 10.3. The van der Waals surface area contributed by atoms with Crippen LogP contribution in [-0.2, 0) is 10.0 Å². The summed E-state index contributed by atoms with van der Waals surface area (Å²) in [6.45, 7) is 3.97. The van der Waals surface area contributed by atoms with E-state index >= 15 is 0 Å². The van der Waals surface area contributed by atoms with Gasteiger partial charge in [0.25, 0.3) is 10.0 Å². The first-order valence-corrected chi connectivity index (χ1v) is 8.47. The zero-order valence-corrected chi connectivity index (χ0v) is 13.4. The van der Waals surface area contributed by atoms with Gasteiger partial charge < -0.3 is 0 Å². The maximum atomic E-state index is 12.9. The Morgan fingerprint density at radius 2 is 1.87 bits per heavy atom. The van der Waals surface area contributed by atoms with E-state index in [0.717, 1.165) is 17.5 Å². The first-order chi connectivity index (χ1) is 10.9. The number of nitrogens with zero attached hydrogens (tertiary/aromatic N) is 3. The average Bonchev–Trinajstić information content (AvgIpc) is 2.90. The number of nitrogens with one attached hydrogen (secondary N) is 1. The fourth-order valence-electron chi connectivity index (χ4n) is 2.20. The molecule has 0 radical (unpaired) electrons. The highest BCUT2D eigenvalue weighted by Crippen LogP contribution is 2.21. The van der Waals surface area contributed by atoms with E-state index in [4.69, 9.17) is 0 Å². The molecule has 0 saturated carbocycles. The Kier molecular flexibility index (Phi) is 3.77. The average molecular weight is 334 g/mol. The van der Waals surface area contributed by atoms with E-state index in [1.807, 2.05) is 13.8 Å². The van der Waals surface area contributed by atoms with Gasteiger partial charge in [-0.1, -0.05) is 0 Å². The van der Waals surface area contributed by atoms with Crippen LogP contribution in [0.25, 0.3) is 11.0 Å². The predicted octanol–water partition coefficient (Wildman–Crippen LogP) is 2.95. The molecule has 2 heterocycles. The van der Waals surface area contributed by atoms with Crippen molar-refractivity contribution in [1.82, 2.24) is 14.8 Å². The molecule has 0 unspecified atom stereocenters. The summed E-state index contributed by atoms with van der Waals surface area (Å²) in [5, 5.41) is 4.97. The van der Waals surface area contributed by atoms with Crippen LogP contribution in [0.4, 0.5) is 10.1 Å². The number of pyridine rings is 1. The van der Waals surface area contributed by atoms with Crippen LogP contribution in [0.5, 0.6) is 0 Å². The molecule has 0 atom stereocenters. The molecule has 0 spiro atoms. The van der Waals surface area contributed by atoms with E-state index in [9.17, 15) is 12.8 Å². The minimum atomic E-state index is -3.79. The summed E-state index contributed by atoms with van der Waals surface area (Å²) in [6.07, 6.45) is 3.07. The van der Waals surface area contributed by atoms with Gasteiger partial charge in [-0.05, 0) is 44.2 Å². The predicted molar refractivity (Wildman–Crippen MR) is 85.1 cm³/mol. The second-order valence-electron chi connectivity index (χ2n) is 5.38. The van der Waals surface area contributed by atoms with E-state index < -0.39 is 15.8 Å². The molecule has 0 amide bonds. The Morgan fingerprint density at radius 3 is 2.52 bits per heavy atom. The molecule has 23 heavy (non-hydrogen) atoms. The van der Waals surface area contributed by atoms with Crippen LogP contribution in [0.3, 0.4) is 0 Å². The third-order valence-electron chi connectivity index (χ3n) is 3.30. The Bertz CT molecular complexity index is 949. The number of sulfonamides is 1. The Labute approximate surface area is 133 Å². The molecule has 3 rings (SSSR count). The molecule has 1 aromatic carbocycles. The van der Waals surface area contributed by atoms with E-state index in [1.54, 1.807) is 16.9 Å². The summed E-state index contributed by atoms with van der Waals surface area (Å²) < 4.78 is 41.7. The second kappa shape index (κ2) is 5.62. The van der Waals surface area contributed by atoms with Crippen molar-refractivity contribution in [3.8, 4) is 0 Å². The third kappa shape index (κ3) is 3.02. The van der Waals surface area contributed by atoms with Gasteiger partial charge in [0, 0.05) is 11.4 Å². The van der Waals surface area contributed by atoms with Crippen LogP contribution in [0.2, 0.25) is 0 Å². The smallest absolute Gasteiger partial charge is 0.261 e. The van der Waals surface area contributed by atoms with Crippen molar-refractivity contribution in [3.63, 3.8) is 0 Å². The summed E-state index contributed by atoms with van der Waals surface area (Å²) in [7, 11) is -3.79. The molecule has 6 nitrogen and oxygen atoms in total. The molecule has 120 valence electrons. The second-order valence-corrected chi connectivity index (χ2v) is 7.06. The Morgan fingerprint density at radius 1 is 1.17 bits per heavy atom. The molecule has 0 saturated heterocycles. The Balaban J connectivity index is 1.93. The molecule has 0 aliphatic carbocycles. The molecule has 0 aliphatic rings. The van der Waals surface area contributed by atoms with Crippen LogP contribution < -0.4 is 4.72 Å². The van der Waals surface area contributed by atoms with Gasteiger partial charge in [0.2, 0.25) is 0 Å². The van der Waals surface area contributed by atoms with E-state index in [2.05, 4.69) is 14.8 Å². The highest BCUT2D eigenvalue weighted by molar-refractivity contribution is 7.92. The van der Waals surface area contributed by atoms with Crippen molar-refractivity contribution in [2.45, 2.75) is 24.8 Å². The van der Waals surface area contributed by atoms with Gasteiger partial charge in [-0.2, -0.15) is 5.10 Å². The summed E-state index contributed by atoms with van der Waals surface area (Å²) in [4.78, 5) is 4.25. The standard InChI is InChI=1S/C15H15FN4O2S/c1-10(2)20-15-11(8-18-20)7-13(9-17-15)19-23(21,22)14-5-3-12(16)4-6-14/h3-10,19H,1-2H3. The molecule has 0 aliphatic heterocycles. The first-order valence-electron chi connectivity index (χ1n) is 6.98. The van der Waals surface area contributed by atoms with E-state index in [0.29, 0.717) is 11.3 Å². The van der Waals surface area contributed by atoms with E-state index in [1.165, 1.54) is 18.3 Å². The van der Waals surface area contributed by atoms with Crippen LogP contribution in [0.1, 0.15) is 19.9 Å². The number of hydrogen-bond donors (Lipinski definition) is 1. The molecular formula is C15H15FN4O2S. The van der Waals surface area contributed by atoms with Gasteiger partial charge in [-0.25, -0.2) is 22.5 Å². The minimum absolute atomic E-state index is 0.0168. The number of anilines is 1. The lowest BCUT2D eigenvalue weighted by molar-refractivity contribution is 0.546. The van der Waals surface area contributed by atoms with Gasteiger partial charge in [-0.3, -0.25) is 4.72 Å². The normalized spacial score (nSPS) is 12.0. The van der Waals surface area contributed by atoms with Crippen molar-refractivity contribution in [3.05, 3.63) is 48.5 Å². The van der Waals surface area contributed by atoms with Gasteiger partial charge in [0.15, 0.2) is 5.65 Å². The van der Waals surface area contributed by atoms with Crippen molar-refractivity contribution in [2.75, 3.05) is 4.72 Å². The molecular weight excluding hydrogens is 319 g/mol. The first kappa shape index (κ1) is 15.4. The van der Waals surface area contributed by atoms with Gasteiger partial charge >= 0.3 is 0 Å². The van der Waals surface area contributed by atoms with Crippen LogP contribution >= 0.6 is 0 Å². The van der Waals surface area contributed by atoms with Gasteiger partial charge in [-0.15, -0.1) is 0 Å². The number of hydrogen-bond acceptors (Lipinski definition) is 4. The third-order valence-corrected chi connectivity index (χ3v) is 4.70. The van der Waals surface area contributed by atoms with Gasteiger partial charge in [0.1, 0.15) is 5.82 Å². The molecule has 1 N–H and O–H groups in total. The SMILES string of the molecule is CC(C)n1ncc2cc(NS(=O)(=O)c3ccc(F)cc3)cnc21. The number of rotatable bonds is 4. The lowest BCUT2D eigenvalue weighted by Gasteiger charge is -2.09. The van der Waals surface area contributed by atoms with Crippen molar-refractivity contribution in [1.29, 1.82) is 0 Å². The highest BCUT2D eigenvalue weighted by atomic mass is 32.2. The maximum Gasteiger partial charge on any atom is 0.261 e. The summed E-state index contributed by atoms with van der Waals surface area (Å²) in [5.41, 5.74) is 1.01. The Hall–Kier alpha value is -2.48. The largest absolute Gasteiger partial charge is 0.278 e. The number of benzene rings is 1. The van der Waals surface area contributed by atoms with Crippen LogP contribution in [-0.4, -0.2) is 23.2 Å². The van der Waals surface area contributed by atoms with Crippen molar-refractivity contribution in [2.24, 2.45) is 0 Å². The summed E-state index contributed by atoms with van der Waals surface area (Å²) in [5.74, 6) is -0.492. The summed E-state index contributed by atoms with van der Waals surface area (Å²) >= 11 is 0. The molecule has 0 fully saturated rings. The lowest BCUT2D eigenvalue weighted by Crippen LogP contribution is -2.13. The van der Waals surface area contributed by atoms with Crippen LogP contribution in [0, 0.1) is 5.82 Å². The summed E-state index contributed by atoms with van der Waals surface area (Å²) in [6, 6.07) is 6.43. The number of halogens is 1. The topological polar surface area (TPSA) is 76.9 Å². The monoisotopic (exact) mass is 334 g/mol. The van der Waals surface area contributed by atoms with Crippen LogP contribution in [0.15, 0.2) is 47.6 Å². The minimum Gasteiger partial charge on any atom is -0.278 e. The fourth-order valence-corrected chi connectivity index (χ4v) is 3.24. The zero-order valence-electron chi connectivity index (χ0n) is 12.6. The quantitative estimate of drug-likeness (QED) is 0.796.